The molecule has 8 nitrogen and oxygen atoms in total. The first-order valence-electron chi connectivity index (χ1n) is 6.85. The van der Waals surface area contributed by atoms with Crippen LogP contribution in [0.3, 0.4) is 0 Å². The summed E-state index contributed by atoms with van der Waals surface area (Å²) in [7, 11) is 0. The minimum Gasteiger partial charge on any atom is -0.505 e. The van der Waals surface area contributed by atoms with E-state index in [1.54, 1.807) is 6.07 Å². The fourth-order valence-corrected chi connectivity index (χ4v) is 1.99. The van der Waals surface area contributed by atoms with Crippen LogP contribution in [-0.2, 0) is 4.79 Å². The number of amides is 1. The van der Waals surface area contributed by atoms with Gasteiger partial charge in [-0.15, -0.1) is 0 Å². The molecular formula is C16H11ClN4O4. The molecule has 0 aliphatic rings. The number of aromatic hydroxyl groups is 1. The van der Waals surface area contributed by atoms with Crippen LogP contribution < -0.4 is 5.32 Å². The number of carbonyl (C=O) groups excluding carboxylic acids is 1. The Morgan fingerprint density at radius 2 is 1.80 bits per heavy atom. The summed E-state index contributed by atoms with van der Waals surface area (Å²) < 4.78 is 0. The topological polar surface area (TPSA) is 135 Å². The van der Waals surface area contributed by atoms with Crippen molar-refractivity contribution in [3.8, 4) is 11.8 Å². The number of phenols is 1. The zero-order chi connectivity index (χ0) is 18.4. The van der Waals surface area contributed by atoms with Crippen LogP contribution in [0.15, 0.2) is 46.6 Å². The van der Waals surface area contributed by atoms with Crippen LogP contribution in [0.2, 0.25) is 5.02 Å². The summed E-state index contributed by atoms with van der Waals surface area (Å²) in [4.78, 5) is 22.1. The summed E-state index contributed by atoms with van der Waals surface area (Å²) in [6, 6.07) is 10.5. The number of carbonyl (C=O) groups is 2. The van der Waals surface area contributed by atoms with Crippen molar-refractivity contribution in [2.75, 3.05) is 6.54 Å². The number of halogens is 1. The smallest absolute Gasteiger partial charge is 0.322 e. The lowest BCUT2D eigenvalue weighted by Gasteiger charge is -2.02. The van der Waals surface area contributed by atoms with Crippen LogP contribution in [0.5, 0.6) is 5.75 Å². The number of nitrogens with zero attached hydrogens (tertiary/aromatic N) is 3. The molecule has 0 bridgehead atoms. The van der Waals surface area contributed by atoms with Crippen LogP contribution in [0.25, 0.3) is 0 Å². The lowest BCUT2D eigenvalue weighted by atomic mass is 10.2. The Hall–Kier alpha value is -3.44. The number of carboxylic acids is 1. The number of benzene rings is 2. The average molecular weight is 359 g/mol. The predicted molar refractivity (Wildman–Crippen MR) is 88.4 cm³/mol. The van der Waals surface area contributed by atoms with E-state index in [9.17, 15) is 14.7 Å². The maximum absolute atomic E-state index is 11.7. The van der Waals surface area contributed by atoms with E-state index >= 15 is 0 Å². The van der Waals surface area contributed by atoms with Gasteiger partial charge in [0.05, 0.1) is 22.0 Å². The quantitative estimate of drug-likeness (QED) is 0.705. The van der Waals surface area contributed by atoms with Gasteiger partial charge in [0.15, 0.2) is 5.75 Å². The highest BCUT2D eigenvalue weighted by molar-refractivity contribution is 6.32. The monoisotopic (exact) mass is 358 g/mol. The van der Waals surface area contributed by atoms with Crippen LogP contribution in [-0.4, -0.2) is 28.6 Å². The number of hydrogen-bond acceptors (Lipinski definition) is 6. The van der Waals surface area contributed by atoms with Crippen molar-refractivity contribution in [2.45, 2.75) is 0 Å². The second-order valence-electron chi connectivity index (χ2n) is 4.76. The maximum Gasteiger partial charge on any atom is 0.322 e. The van der Waals surface area contributed by atoms with Gasteiger partial charge in [0.1, 0.15) is 12.6 Å². The van der Waals surface area contributed by atoms with Gasteiger partial charge < -0.3 is 15.5 Å². The SMILES string of the molecule is N#Cc1cc(N=Nc2ccc(C(=O)NCC(=O)O)cc2)cc(Cl)c1O. The van der Waals surface area contributed by atoms with Crippen molar-refractivity contribution in [3.05, 3.63) is 52.5 Å². The van der Waals surface area contributed by atoms with Gasteiger partial charge in [-0.25, -0.2) is 0 Å². The van der Waals surface area contributed by atoms with Crippen molar-refractivity contribution in [2.24, 2.45) is 10.2 Å². The molecular weight excluding hydrogens is 348 g/mol. The van der Waals surface area contributed by atoms with Crippen LogP contribution in [0.1, 0.15) is 15.9 Å². The molecule has 0 saturated carbocycles. The van der Waals surface area contributed by atoms with E-state index in [2.05, 4.69) is 15.5 Å². The van der Waals surface area contributed by atoms with Crippen molar-refractivity contribution in [1.82, 2.24) is 5.32 Å². The van der Waals surface area contributed by atoms with E-state index in [1.165, 1.54) is 36.4 Å². The zero-order valence-corrected chi connectivity index (χ0v) is 13.4. The number of nitriles is 1. The first-order chi connectivity index (χ1) is 11.9. The summed E-state index contributed by atoms with van der Waals surface area (Å²) >= 11 is 5.80. The Morgan fingerprint density at radius 3 is 2.40 bits per heavy atom. The zero-order valence-electron chi connectivity index (χ0n) is 12.6. The molecule has 0 fully saturated rings. The normalized spacial score (nSPS) is 10.4. The number of rotatable bonds is 5. The average Bonchev–Trinajstić information content (AvgIpc) is 2.60. The second-order valence-corrected chi connectivity index (χ2v) is 5.17. The molecule has 0 atom stereocenters. The van der Waals surface area contributed by atoms with Gasteiger partial charge >= 0.3 is 5.97 Å². The molecule has 2 rings (SSSR count). The summed E-state index contributed by atoms with van der Waals surface area (Å²) in [6.45, 7) is -0.469. The third-order valence-electron chi connectivity index (χ3n) is 2.98. The Bertz CT molecular complexity index is 888. The number of hydrogen-bond donors (Lipinski definition) is 3. The second kappa shape index (κ2) is 7.90. The van der Waals surface area contributed by atoms with Gasteiger partial charge in [0, 0.05) is 5.56 Å². The van der Waals surface area contributed by atoms with Crippen molar-refractivity contribution in [3.63, 3.8) is 0 Å². The summed E-state index contributed by atoms with van der Waals surface area (Å²) in [5.41, 5.74) is 0.965. The number of carboxylic acid groups (broad SMARTS) is 1. The highest BCUT2D eigenvalue weighted by Crippen LogP contribution is 2.32. The summed E-state index contributed by atoms with van der Waals surface area (Å²) in [5, 5.41) is 37.1. The number of aliphatic carboxylic acids is 1. The van der Waals surface area contributed by atoms with Gasteiger partial charge in [-0.1, -0.05) is 11.6 Å². The van der Waals surface area contributed by atoms with Gasteiger partial charge in [0.2, 0.25) is 0 Å². The molecule has 0 spiro atoms. The first kappa shape index (κ1) is 17.9. The minimum atomic E-state index is -1.14. The van der Waals surface area contributed by atoms with Gasteiger partial charge in [-0.3, -0.25) is 9.59 Å². The summed E-state index contributed by atoms with van der Waals surface area (Å²) in [6.07, 6.45) is 0. The Labute approximate surface area is 147 Å². The molecule has 3 N–H and O–H groups in total. The van der Waals surface area contributed by atoms with E-state index in [0.717, 1.165) is 0 Å². The fourth-order valence-electron chi connectivity index (χ4n) is 1.78. The maximum atomic E-state index is 11.7. The lowest BCUT2D eigenvalue weighted by Crippen LogP contribution is -2.29. The third kappa shape index (κ3) is 4.76. The van der Waals surface area contributed by atoms with E-state index in [0.29, 0.717) is 5.69 Å². The van der Waals surface area contributed by atoms with Crippen molar-refractivity contribution in [1.29, 1.82) is 5.26 Å². The number of phenolic OH excluding ortho intramolecular Hbond substituents is 1. The molecule has 126 valence electrons. The molecule has 9 heteroatoms. The molecule has 1 amide bonds. The third-order valence-corrected chi connectivity index (χ3v) is 3.27. The molecule has 2 aromatic rings. The summed E-state index contributed by atoms with van der Waals surface area (Å²) in [5.74, 6) is -1.97. The number of nitrogens with one attached hydrogen (secondary N) is 1. The van der Waals surface area contributed by atoms with Gasteiger partial charge in [-0.05, 0) is 36.4 Å². The molecule has 25 heavy (non-hydrogen) atoms. The minimum absolute atomic E-state index is 0.0153. The standard InChI is InChI=1S/C16H11ClN4O4/c17-13-6-12(5-10(7-18)15(13)24)21-20-11-3-1-9(2-4-11)16(25)19-8-14(22)23/h1-6,24H,8H2,(H,19,25)(H,22,23). The molecule has 0 aliphatic carbocycles. The lowest BCUT2D eigenvalue weighted by molar-refractivity contribution is -0.135. The van der Waals surface area contributed by atoms with Crippen LogP contribution >= 0.6 is 11.6 Å². The Balaban J connectivity index is 2.12. The van der Waals surface area contributed by atoms with E-state index in [-0.39, 0.29) is 27.6 Å². The van der Waals surface area contributed by atoms with Crippen LogP contribution in [0.4, 0.5) is 11.4 Å². The van der Waals surface area contributed by atoms with Crippen molar-refractivity contribution >= 4 is 34.9 Å². The fraction of sp³-hybridized carbons (Fsp3) is 0.0625. The molecule has 0 unspecified atom stereocenters. The van der Waals surface area contributed by atoms with Gasteiger partial charge in [-0.2, -0.15) is 15.5 Å². The molecule has 0 saturated heterocycles. The molecule has 0 aromatic heterocycles. The van der Waals surface area contributed by atoms with Gasteiger partial charge in [0.25, 0.3) is 5.91 Å². The first-order valence-corrected chi connectivity index (χ1v) is 7.23. The van der Waals surface area contributed by atoms with Crippen molar-refractivity contribution < 1.29 is 19.8 Å². The highest BCUT2D eigenvalue weighted by atomic mass is 35.5. The van der Waals surface area contributed by atoms with Crippen LogP contribution in [0, 0.1) is 11.3 Å². The largest absolute Gasteiger partial charge is 0.505 e. The van der Waals surface area contributed by atoms with E-state index < -0.39 is 18.4 Å². The highest BCUT2D eigenvalue weighted by Gasteiger charge is 2.08. The Kier molecular flexibility index (Phi) is 5.66. The van der Waals surface area contributed by atoms with E-state index in [4.69, 9.17) is 22.0 Å². The van der Waals surface area contributed by atoms with E-state index in [1.807, 2.05) is 0 Å². The molecule has 0 aliphatic heterocycles. The predicted octanol–water partition coefficient (Wildman–Crippen LogP) is 3.15. The Morgan fingerprint density at radius 1 is 1.16 bits per heavy atom. The number of azo groups is 1. The molecule has 0 radical (unpaired) electrons. The molecule has 0 heterocycles. The molecule has 2 aromatic carbocycles.